The Morgan fingerprint density at radius 3 is 2.29 bits per heavy atom. The van der Waals surface area contributed by atoms with Gasteiger partial charge in [0, 0.05) is 37.6 Å². The molecule has 9 nitrogen and oxygen atoms in total. The van der Waals surface area contributed by atoms with Crippen molar-refractivity contribution in [1.29, 1.82) is 5.26 Å². The van der Waals surface area contributed by atoms with Crippen molar-refractivity contribution in [3.05, 3.63) is 82.8 Å². The third-order valence-electron chi connectivity index (χ3n) is 6.18. The number of esters is 2. The summed E-state index contributed by atoms with van der Waals surface area (Å²) in [6, 6.07) is 18.6. The van der Waals surface area contributed by atoms with Crippen molar-refractivity contribution in [2.75, 3.05) is 50.2 Å². The summed E-state index contributed by atoms with van der Waals surface area (Å²) in [5.74, 6) is -2.36. The Bertz CT molecular complexity index is 1230. The number of nitriles is 1. The maximum Gasteiger partial charge on any atom is 0.355 e. The molecule has 2 heterocycles. The molecule has 9 heteroatoms. The Balaban J connectivity index is 1.96. The highest BCUT2D eigenvalue weighted by Gasteiger charge is 2.43. The van der Waals surface area contributed by atoms with Crippen molar-refractivity contribution >= 4 is 23.3 Å². The molecule has 2 aromatic rings. The summed E-state index contributed by atoms with van der Waals surface area (Å²) in [5, 5.41) is 13.5. The van der Waals surface area contributed by atoms with E-state index in [1.165, 1.54) is 19.1 Å². The summed E-state index contributed by atoms with van der Waals surface area (Å²) in [4.78, 5) is 29.9. The first-order valence-electron chi connectivity index (χ1n) is 11.2. The number of nitrogens with one attached hydrogen (secondary N) is 1. The molecule has 1 saturated heterocycles. The zero-order chi connectivity index (χ0) is 24.9. The van der Waals surface area contributed by atoms with Crippen LogP contribution in [-0.4, -0.2) is 52.3 Å². The maximum absolute atomic E-state index is 13.2. The number of hydrogen-bond donors (Lipinski definition) is 2. The molecule has 2 aromatic carbocycles. The van der Waals surface area contributed by atoms with Crippen LogP contribution in [0.5, 0.6) is 0 Å². The van der Waals surface area contributed by atoms with E-state index in [1.54, 1.807) is 30.3 Å². The van der Waals surface area contributed by atoms with Crippen molar-refractivity contribution in [3.63, 3.8) is 0 Å². The lowest BCUT2D eigenvalue weighted by molar-refractivity contribution is -0.139. The first-order valence-corrected chi connectivity index (χ1v) is 11.2. The molecule has 4 rings (SSSR count). The molecule has 1 unspecified atom stereocenters. The topological polar surface area (TPSA) is 121 Å². The summed E-state index contributed by atoms with van der Waals surface area (Å²) in [6.07, 6.45) is 0. The third kappa shape index (κ3) is 4.44. The molecule has 0 saturated carbocycles. The molecule has 1 atom stereocenters. The Morgan fingerprint density at radius 2 is 1.66 bits per heavy atom. The molecular formula is C26H27N5O4. The second-order valence-electron chi connectivity index (χ2n) is 8.09. The monoisotopic (exact) mass is 473 g/mol. The first kappa shape index (κ1) is 23.9. The highest BCUT2D eigenvalue weighted by molar-refractivity contribution is 6.06. The number of allylic oxidation sites excluding steroid dienone is 1. The highest BCUT2D eigenvalue weighted by Crippen LogP contribution is 2.43. The Labute approximate surface area is 204 Å². The Morgan fingerprint density at radius 1 is 1.00 bits per heavy atom. The van der Waals surface area contributed by atoms with Gasteiger partial charge < -0.3 is 25.4 Å². The van der Waals surface area contributed by atoms with Crippen LogP contribution < -0.4 is 20.9 Å². The molecule has 0 aromatic heterocycles. The van der Waals surface area contributed by atoms with Crippen molar-refractivity contribution in [1.82, 2.24) is 5.32 Å². The van der Waals surface area contributed by atoms with Gasteiger partial charge in [-0.05, 0) is 23.8 Å². The van der Waals surface area contributed by atoms with Gasteiger partial charge in [0.25, 0.3) is 0 Å². The fourth-order valence-corrected chi connectivity index (χ4v) is 4.53. The minimum Gasteiger partial charge on any atom is -0.466 e. The summed E-state index contributed by atoms with van der Waals surface area (Å²) >= 11 is 0. The molecular weight excluding hydrogens is 446 g/mol. The maximum atomic E-state index is 13.2. The lowest BCUT2D eigenvalue weighted by Crippen LogP contribution is -2.43. The number of carbonyl (C=O) groups excluding carboxylic acids is 2. The number of methoxy groups -OCH3 is 2. The summed E-state index contributed by atoms with van der Waals surface area (Å²) in [6.45, 7) is 3.35. The lowest BCUT2D eigenvalue weighted by Gasteiger charge is -2.36. The predicted molar refractivity (Wildman–Crippen MR) is 131 cm³/mol. The molecule has 2 aliphatic rings. The fraction of sp³-hybridized carbons (Fsp3) is 0.269. The van der Waals surface area contributed by atoms with Gasteiger partial charge in [-0.1, -0.05) is 36.4 Å². The Kier molecular flexibility index (Phi) is 7.03. The smallest absolute Gasteiger partial charge is 0.355 e. The van der Waals surface area contributed by atoms with Gasteiger partial charge in [-0.2, -0.15) is 5.26 Å². The van der Waals surface area contributed by atoms with Gasteiger partial charge in [0.15, 0.2) is 0 Å². The summed E-state index contributed by atoms with van der Waals surface area (Å²) in [5.41, 5.74) is 8.71. The van der Waals surface area contributed by atoms with Crippen LogP contribution in [0.1, 0.15) is 11.5 Å². The molecule has 1 fully saturated rings. The first-order chi connectivity index (χ1) is 17.0. The largest absolute Gasteiger partial charge is 0.466 e. The van der Waals surface area contributed by atoms with Gasteiger partial charge in [-0.15, -0.1) is 0 Å². The number of carbonyl (C=O) groups is 2. The number of nitrogens with zero attached hydrogens (tertiary/aromatic N) is 3. The number of nitrogens with two attached hydrogens (primary N) is 1. The van der Waals surface area contributed by atoms with E-state index in [-0.39, 0.29) is 22.7 Å². The van der Waals surface area contributed by atoms with Crippen LogP contribution >= 0.6 is 0 Å². The van der Waals surface area contributed by atoms with E-state index < -0.39 is 17.9 Å². The number of hydrogen-bond acceptors (Lipinski definition) is 9. The van der Waals surface area contributed by atoms with Gasteiger partial charge in [0.2, 0.25) is 0 Å². The number of anilines is 2. The van der Waals surface area contributed by atoms with E-state index >= 15 is 0 Å². The van der Waals surface area contributed by atoms with Gasteiger partial charge in [0.05, 0.1) is 37.4 Å². The second kappa shape index (κ2) is 10.3. The van der Waals surface area contributed by atoms with E-state index in [0.717, 1.165) is 31.9 Å². The van der Waals surface area contributed by atoms with E-state index in [2.05, 4.69) is 16.3 Å². The van der Waals surface area contributed by atoms with Crippen molar-refractivity contribution < 1.29 is 19.1 Å². The van der Waals surface area contributed by atoms with Crippen LogP contribution in [0.2, 0.25) is 0 Å². The lowest BCUT2D eigenvalue weighted by atomic mass is 9.81. The number of rotatable bonds is 5. The molecule has 2 aliphatic heterocycles. The molecule has 3 N–H and O–H groups in total. The van der Waals surface area contributed by atoms with E-state index in [0.29, 0.717) is 11.3 Å². The molecule has 180 valence electrons. The fourth-order valence-electron chi connectivity index (χ4n) is 4.53. The SMILES string of the molecule is COC(=O)C1=C(C(=O)OC)N(c2cccc(N3CCNCC3)c2)C(N)=C(C#N)C1c1ccccc1. The normalized spacial score (nSPS) is 18.3. The minimum absolute atomic E-state index is 0.0103. The van der Waals surface area contributed by atoms with Crippen LogP contribution in [0.15, 0.2) is 77.3 Å². The number of piperazine rings is 1. The molecule has 0 spiro atoms. The third-order valence-corrected chi connectivity index (χ3v) is 6.18. The Hall–Kier alpha value is -4.29. The molecule has 0 radical (unpaired) electrons. The minimum atomic E-state index is -0.893. The number of benzene rings is 2. The van der Waals surface area contributed by atoms with Crippen molar-refractivity contribution in [3.8, 4) is 6.07 Å². The second-order valence-corrected chi connectivity index (χ2v) is 8.09. The number of ether oxygens (including phenoxy) is 2. The highest BCUT2D eigenvalue weighted by atomic mass is 16.5. The van der Waals surface area contributed by atoms with Gasteiger partial charge >= 0.3 is 11.9 Å². The van der Waals surface area contributed by atoms with Crippen LogP contribution in [0.4, 0.5) is 11.4 Å². The van der Waals surface area contributed by atoms with Crippen LogP contribution in [-0.2, 0) is 19.1 Å². The van der Waals surface area contributed by atoms with Crippen LogP contribution in [0.25, 0.3) is 0 Å². The molecule has 0 bridgehead atoms. The standard InChI is InChI=1S/C26H27N5O4/c1-34-25(32)22-21(17-7-4-3-5-8-17)20(16-27)24(28)31(23(22)26(33)35-2)19-10-6-9-18(15-19)30-13-11-29-12-14-30/h3-10,15,21,29H,11-14,28H2,1-2H3. The summed E-state index contributed by atoms with van der Waals surface area (Å²) < 4.78 is 10.2. The summed E-state index contributed by atoms with van der Waals surface area (Å²) in [7, 11) is 2.46. The van der Waals surface area contributed by atoms with Crippen molar-refractivity contribution in [2.45, 2.75) is 5.92 Å². The quantitative estimate of drug-likeness (QED) is 0.628. The molecule has 0 aliphatic carbocycles. The van der Waals surface area contributed by atoms with Crippen LogP contribution in [0, 0.1) is 11.3 Å². The zero-order valence-electron chi connectivity index (χ0n) is 19.7. The molecule has 35 heavy (non-hydrogen) atoms. The molecule has 0 amide bonds. The van der Waals surface area contributed by atoms with Crippen molar-refractivity contribution in [2.24, 2.45) is 5.73 Å². The average molecular weight is 474 g/mol. The van der Waals surface area contributed by atoms with E-state index in [9.17, 15) is 14.9 Å². The van der Waals surface area contributed by atoms with Gasteiger partial charge in [0.1, 0.15) is 11.5 Å². The van der Waals surface area contributed by atoms with E-state index in [1.807, 2.05) is 24.3 Å². The van der Waals surface area contributed by atoms with E-state index in [4.69, 9.17) is 15.2 Å². The van der Waals surface area contributed by atoms with Gasteiger partial charge in [-0.3, -0.25) is 4.90 Å². The zero-order valence-corrected chi connectivity index (χ0v) is 19.7. The predicted octanol–water partition coefficient (Wildman–Crippen LogP) is 1.99. The van der Waals surface area contributed by atoms with Gasteiger partial charge in [-0.25, -0.2) is 9.59 Å². The average Bonchev–Trinajstić information content (AvgIpc) is 2.92. The van der Waals surface area contributed by atoms with Crippen LogP contribution in [0.3, 0.4) is 0 Å².